The Balaban J connectivity index is 2.11. The standard InChI is InChI=1S/C15H22ClNO3S/c1-17-10-11-8-12(16)6-7-15(11)20-13-4-3-5-14(9-13)21(2,18)19/h6-8,13-14,17H,3-5,9-10H2,1-2H3. The fraction of sp³-hybridized carbons (Fsp3) is 0.600. The average Bonchev–Trinajstić information content (AvgIpc) is 2.42. The molecule has 6 heteroatoms. The van der Waals surface area contributed by atoms with E-state index < -0.39 is 9.84 Å². The smallest absolute Gasteiger partial charge is 0.150 e. The minimum absolute atomic E-state index is 0.0461. The summed E-state index contributed by atoms with van der Waals surface area (Å²) < 4.78 is 29.5. The van der Waals surface area contributed by atoms with Crippen LogP contribution in [0.4, 0.5) is 0 Å². The van der Waals surface area contributed by atoms with Gasteiger partial charge in [-0.05, 0) is 44.5 Å². The van der Waals surface area contributed by atoms with Crippen molar-refractivity contribution in [3.05, 3.63) is 28.8 Å². The third kappa shape index (κ3) is 4.59. The van der Waals surface area contributed by atoms with Gasteiger partial charge < -0.3 is 10.1 Å². The molecule has 0 spiro atoms. The number of rotatable bonds is 5. The van der Waals surface area contributed by atoms with Gasteiger partial charge in [-0.15, -0.1) is 0 Å². The van der Waals surface area contributed by atoms with E-state index in [9.17, 15) is 8.42 Å². The van der Waals surface area contributed by atoms with E-state index in [0.717, 1.165) is 30.6 Å². The third-order valence-electron chi connectivity index (χ3n) is 3.87. The van der Waals surface area contributed by atoms with Gasteiger partial charge in [-0.3, -0.25) is 0 Å². The molecule has 118 valence electrons. The molecule has 2 unspecified atom stereocenters. The second kappa shape index (κ2) is 6.99. The molecule has 2 atom stereocenters. The molecule has 1 aliphatic carbocycles. The number of hydrogen-bond donors (Lipinski definition) is 1. The van der Waals surface area contributed by atoms with Crippen LogP contribution < -0.4 is 10.1 Å². The normalized spacial score (nSPS) is 23.0. The van der Waals surface area contributed by atoms with E-state index in [1.54, 1.807) is 6.07 Å². The van der Waals surface area contributed by atoms with Gasteiger partial charge in [-0.1, -0.05) is 11.6 Å². The van der Waals surface area contributed by atoms with Crippen molar-refractivity contribution in [2.45, 2.75) is 43.6 Å². The molecule has 0 radical (unpaired) electrons. The molecule has 1 aliphatic rings. The quantitative estimate of drug-likeness (QED) is 0.901. The number of nitrogens with one attached hydrogen (secondary N) is 1. The second-order valence-corrected chi connectivity index (χ2v) is 8.40. The van der Waals surface area contributed by atoms with Crippen LogP contribution in [0.25, 0.3) is 0 Å². The number of halogens is 1. The predicted molar refractivity (Wildman–Crippen MR) is 85.7 cm³/mol. The highest BCUT2D eigenvalue weighted by molar-refractivity contribution is 7.91. The lowest BCUT2D eigenvalue weighted by molar-refractivity contribution is 0.154. The first-order chi connectivity index (χ1) is 9.90. The zero-order chi connectivity index (χ0) is 15.5. The van der Waals surface area contributed by atoms with E-state index >= 15 is 0 Å². The van der Waals surface area contributed by atoms with E-state index in [1.165, 1.54) is 6.26 Å². The van der Waals surface area contributed by atoms with Crippen LogP contribution in [0, 0.1) is 0 Å². The monoisotopic (exact) mass is 331 g/mol. The first-order valence-corrected chi connectivity index (χ1v) is 9.52. The second-order valence-electron chi connectivity index (χ2n) is 5.64. The molecule has 1 N–H and O–H groups in total. The summed E-state index contributed by atoms with van der Waals surface area (Å²) in [5, 5.41) is 3.48. The Kier molecular flexibility index (Phi) is 5.52. The fourth-order valence-corrected chi connectivity index (χ4v) is 4.12. The number of ether oxygens (including phenoxy) is 1. The van der Waals surface area contributed by atoms with Gasteiger partial charge in [0, 0.05) is 29.8 Å². The highest BCUT2D eigenvalue weighted by Crippen LogP contribution is 2.30. The maximum atomic E-state index is 11.7. The summed E-state index contributed by atoms with van der Waals surface area (Å²) >= 11 is 6.02. The van der Waals surface area contributed by atoms with Gasteiger partial charge in [0.25, 0.3) is 0 Å². The van der Waals surface area contributed by atoms with Gasteiger partial charge in [0.1, 0.15) is 15.6 Å². The molecule has 0 bridgehead atoms. The Morgan fingerprint density at radius 2 is 2.14 bits per heavy atom. The van der Waals surface area contributed by atoms with Crippen LogP contribution in [0.3, 0.4) is 0 Å². The van der Waals surface area contributed by atoms with Crippen molar-refractivity contribution in [3.63, 3.8) is 0 Å². The Morgan fingerprint density at radius 1 is 1.38 bits per heavy atom. The predicted octanol–water partition coefficient (Wildman–Crippen LogP) is 2.79. The van der Waals surface area contributed by atoms with Crippen molar-refractivity contribution in [1.29, 1.82) is 0 Å². The van der Waals surface area contributed by atoms with Crippen molar-refractivity contribution < 1.29 is 13.2 Å². The van der Waals surface area contributed by atoms with Crippen LogP contribution in [0.5, 0.6) is 5.75 Å². The van der Waals surface area contributed by atoms with Gasteiger partial charge in [-0.25, -0.2) is 8.42 Å². The van der Waals surface area contributed by atoms with Crippen molar-refractivity contribution in [1.82, 2.24) is 5.32 Å². The molecule has 0 saturated heterocycles. The molecular weight excluding hydrogens is 310 g/mol. The zero-order valence-corrected chi connectivity index (χ0v) is 14.0. The summed E-state index contributed by atoms with van der Waals surface area (Å²) in [5.74, 6) is 0.785. The molecule has 0 aliphatic heterocycles. The Bertz CT molecular complexity index is 589. The Morgan fingerprint density at radius 3 is 2.81 bits per heavy atom. The first-order valence-electron chi connectivity index (χ1n) is 7.18. The largest absolute Gasteiger partial charge is 0.490 e. The Hall–Kier alpha value is -0.780. The average molecular weight is 332 g/mol. The molecule has 21 heavy (non-hydrogen) atoms. The third-order valence-corrected chi connectivity index (χ3v) is 5.74. The molecule has 1 fully saturated rings. The van der Waals surface area contributed by atoms with Gasteiger partial charge in [0.05, 0.1) is 11.4 Å². The van der Waals surface area contributed by atoms with E-state index in [4.69, 9.17) is 16.3 Å². The van der Waals surface area contributed by atoms with Crippen LogP contribution >= 0.6 is 11.6 Å². The minimum atomic E-state index is -2.99. The minimum Gasteiger partial charge on any atom is -0.490 e. The van der Waals surface area contributed by atoms with Gasteiger partial charge in [0.2, 0.25) is 0 Å². The van der Waals surface area contributed by atoms with E-state index in [2.05, 4.69) is 5.32 Å². The van der Waals surface area contributed by atoms with Gasteiger partial charge in [0.15, 0.2) is 0 Å². The molecule has 1 aromatic rings. The van der Waals surface area contributed by atoms with Gasteiger partial charge in [-0.2, -0.15) is 0 Å². The molecule has 2 rings (SSSR count). The molecule has 0 heterocycles. The molecule has 0 aromatic heterocycles. The number of sulfone groups is 1. The van der Waals surface area contributed by atoms with Crippen molar-refractivity contribution in [2.75, 3.05) is 13.3 Å². The lowest BCUT2D eigenvalue weighted by atomic mass is 9.97. The molecule has 4 nitrogen and oxygen atoms in total. The van der Waals surface area contributed by atoms with Crippen LogP contribution in [0.15, 0.2) is 18.2 Å². The first kappa shape index (κ1) is 16.6. The van der Waals surface area contributed by atoms with Crippen LogP contribution in [0.2, 0.25) is 5.02 Å². The van der Waals surface area contributed by atoms with Crippen LogP contribution in [0.1, 0.15) is 31.2 Å². The zero-order valence-electron chi connectivity index (χ0n) is 12.4. The maximum absolute atomic E-state index is 11.7. The fourth-order valence-electron chi connectivity index (χ4n) is 2.77. The van der Waals surface area contributed by atoms with E-state index in [0.29, 0.717) is 18.0 Å². The van der Waals surface area contributed by atoms with E-state index in [1.807, 2.05) is 19.2 Å². The summed E-state index contributed by atoms with van der Waals surface area (Å²) in [7, 11) is -1.13. The topological polar surface area (TPSA) is 55.4 Å². The summed E-state index contributed by atoms with van der Waals surface area (Å²) in [6, 6.07) is 5.54. The van der Waals surface area contributed by atoms with Gasteiger partial charge >= 0.3 is 0 Å². The van der Waals surface area contributed by atoms with Crippen molar-refractivity contribution in [3.8, 4) is 5.75 Å². The van der Waals surface area contributed by atoms with Crippen molar-refractivity contribution >= 4 is 21.4 Å². The molecule has 0 amide bonds. The number of benzene rings is 1. The molecule has 1 saturated carbocycles. The summed E-state index contributed by atoms with van der Waals surface area (Å²) in [6.45, 7) is 0.665. The lowest BCUT2D eigenvalue weighted by Crippen LogP contribution is -2.33. The number of hydrogen-bond acceptors (Lipinski definition) is 4. The molecular formula is C15H22ClNO3S. The highest BCUT2D eigenvalue weighted by Gasteiger charge is 2.30. The van der Waals surface area contributed by atoms with Crippen molar-refractivity contribution in [2.24, 2.45) is 0 Å². The summed E-state index contributed by atoms with van der Waals surface area (Å²) in [4.78, 5) is 0. The highest BCUT2D eigenvalue weighted by atomic mass is 35.5. The lowest BCUT2D eigenvalue weighted by Gasteiger charge is -2.29. The maximum Gasteiger partial charge on any atom is 0.150 e. The molecule has 1 aromatic carbocycles. The Labute approximate surface area is 131 Å². The SMILES string of the molecule is CNCc1cc(Cl)ccc1OC1CCCC(S(C)(=O)=O)C1. The van der Waals surface area contributed by atoms with E-state index in [-0.39, 0.29) is 11.4 Å². The van der Waals surface area contributed by atoms with Crippen LogP contribution in [-0.2, 0) is 16.4 Å². The summed E-state index contributed by atoms with van der Waals surface area (Å²) in [6.07, 6.45) is 4.36. The van der Waals surface area contributed by atoms with Crippen LogP contribution in [-0.4, -0.2) is 33.1 Å². The summed E-state index contributed by atoms with van der Waals surface area (Å²) in [5.41, 5.74) is 0.992.